The average Bonchev–Trinajstić information content (AvgIpc) is 2.72. The molecule has 18 heavy (non-hydrogen) atoms. The molecule has 0 fully saturated rings. The zero-order valence-electron chi connectivity index (χ0n) is 8.93. The highest BCUT2D eigenvalue weighted by molar-refractivity contribution is 7.16. The minimum atomic E-state index is -0.915. The molecule has 0 N–H and O–H groups in total. The van der Waals surface area contributed by atoms with Gasteiger partial charge >= 0.3 is 5.69 Å². The summed E-state index contributed by atoms with van der Waals surface area (Å²) in [6, 6.07) is 6.96. The van der Waals surface area contributed by atoms with Gasteiger partial charge in [-0.15, -0.1) is 11.3 Å². The van der Waals surface area contributed by atoms with Gasteiger partial charge in [0.05, 0.1) is 9.26 Å². The first-order valence-corrected chi connectivity index (χ1v) is 6.06. The lowest BCUT2D eigenvalue weighted by Gasteiger charge is -2.04. The second-order valence-electron chi connectivity index (χ2n) is 3.36. The van der Waals surface area contributed by atoms with E-state index in [2.05, 4.69) is 0 Å². The maximum Gasteiger partial charge on any atom is 0.305 e. The molecule has 0 saturated carbocycles. The topological polar surface area (TPSA) is 52.4 Å². The van der Waals surface area contributed by atoms with E-state index in [9.17, 15) is 14.5 Å². The van der Waals surface area contributed by atoms with Gasteiger partial charge in [-0.3, -0.25) is 10.1 Å². The number of hydrogen-bond donors (Lipinski definition) is 0. The van der Waals surface area contributed by atoms with E-state index in [1.807, 2.05) is 0 Å². The fraction of sp³-hybridized carbons (Fsp3) is 0.0909. The predicted octanol–water partition coefficient (Wildman–Crippen LogP) is 4.03. The van der Waals surface area contributed by atoms with Crippen LogP contribution < -0.4 is 4.74 Å². The van der Waals surface area contributed by atoms with Gasteiger partial charge in [-0.25, -0.2) is 0 Å². The maximum atomic E-state index is 13.3. The highest BCUT2D eigenvalue weighted by atomic mass is 35.5. The van der Waals surface area contributed by atoms with Gasteiger partial charge in [0.15, 0.2) is 0 Å². The molecule has 0 bridgehead atoms. The molecule has 1 aromatic carbocycles. The highest BCUT2D eigenvalue weighted by Crippen LogP contribution is 2.25. The van der Waals surface area contributed by atoms with E-state index in [-0.39, 0.29) is 12.4 Å². The SMILES string of the molecule is O=[N+]([O-])c1ccc(OCc2ccc(Cl)s2)cc1F. The number of rotatable bonds is 4. The molecule has 0 aliphatic carbocycles. The van der Waals surface area contributed by atoms with Crippen LogP contribution in [0.5, 0.6) is 5.75 Å². The molecule has 2 rings (SSSR count). The monoisotopic (exact) mass is 287 g/mol. The van der Waals surface area contributed by atoms with Gasteiger partial charge in [0.1, 0.15) is 12.4 Å². The first kappa shape index (κ1) is 12.8. The van der Waals surface area contributed by atoms with E-state index in [0.29, 0.717) is 4.34 Å². The van der Waals surface area contributed by atoms with Crippen molar-refractivity contribution in [3.8, 4) is 5.75 Å². The highest BCUT2D eigenvalue weighted by Gasteiger charge is 2.14. The van der Waals surface area contributed by atoms with Crippen molar-refractivity contribution < 1.29 is 14.1 Å². The largest absolute Gasteiger partial charge is 0.488 e. The molecule has 2 aromatic rings. The minimum Gasteiger partial charge on any atom is -0.488 e. The molecular formula is C11H7ClFNO3S. The molecule has 0 aliphatic heterocycles. The maximum absolute atomic E-state index is 13.3. The Hall–Kier alpha value is -1.66. The van der Waals surface area contributed by atoms with Crippen molar-refractivity contribution in [2.45, 2.75) is 6.61 Å². The lowest BCUT2D eigenvalue weighted by molar-refractivity contribution is -0.387. The molecule has 94 valence electrons. The number of ether oxygens (including phenoxy) is 1. The Labute approximate surface area is 111 Å². The number of thiophene rings is 1. The Morgan fingerprint density at radius 2 is 2.17 bits per heavy atom. The van der Waals surface area contributed by atoms with Gasteiger partial charge in [0.25, 0.3) is 0 Å². The van der Waals surface area contributed by atoms with Gasteiger partial charge in [-0.05, 0) is 18.2 Å². The molecule has 0 aliphatic rings. The van der Waals surface area contributed by atoms with E-state index in [4.69, 9.17) is 16.3 Å². The van der Waals surface area contributed by atoms with Gasteiger partial charge in [-0.1, -0.05) is 11.6 Å². The Bertz CT molecular complexity index is 587. The fourth-order valence-electron chi connectivity index (χ4n) is 1.31. The summed E-state index contributed by atoms with van der Waals surface area (Å²) in [6.45, 7) is 0.245. The summed E-state index contributed by atoms with van der Waals surface area (Å²) in [6.07, 6.45) is 0. The molecule has 1 heterocycles. The summed E-state index contributed by atoms with van der Waals surface area (Å²) >= 11 is 7.11. The Morgan fingerprint density at radius 1 is 1.39 bits per heavy atom. The van der Waals surface area contributed by atoms with Crippen LogP contribution in [0.2, 0.25) is 4.34 Å². The first-order valence-electron chi connectivity index (χ1n) is 4.87. The summed E-state index contributed by atoms with van der Waals surface area (Å²) < 4.78 is 19.2. The van der Waals surface area contributed by atoms with Crippen molar-refractivity contribution in [2.24, 2.45) is 0 Å². The number of nitro groups is 1. The van der Waals surface area contributed by atoms with E-state index in [1.165, 1.54) is 17.4 Å². The normalized spacial score (nSPS) is 10.3. The fourth-order valence-corrected chi connectivity index (χ4v) is 2.31. The smallest absolute Gasteiger partial charge is 0.305 e. The third-order valence-electron chi connectivity index (χ3n) is 2.13. The zero-order valence-corrected chi connectivity index (χ0v) is 10.5. The number of benzene rings is 1. The molecule has 0 atom stereocenters. The summed E-state index contributed by atoms with van der Waals surface area (Å²) in [5, 5.41) is 10.4. The molecule has 0 radical (unpaired) electrons. The Morgan fingerprint density at radius 3 is 2.72 bits per heavy atom. The van der Waals surface area contributed by atoms with Crippen molar-refractivity contribution in [3.05, 3.63) is 55.5 Å². The van der Waals surface area contributed by atoms with Crippen LogP contribution in [0, 0.1) is 15.9 Å². The minimum absolute atomic E-state index is 0.239. The summed E-state index contributed by atoms with van der Waals surface area (Å²) in [4.78, 5) is 10.5. The quantitative estimate of drug-likeness (QED) is 0.630. The molecule has 1 aromatic heterocycles. The lowest BCUT2D eigenvalue weighted by atomic mass is 10.3. The number of halogens is 2. The molecule has 0 amide bonds. The van der Waals surface area contributed by atoms with E-state index >= 15 is 0 Å². The molecule has 0 spiro atoms. The van der Waals surface area contributed by atoms with Crippen molar-refractivity contribution in [1.82, 2.24) is 0 Å². The van der Waals surface area contributed by atoms with Crippen LogP contribution in [0.15, 0.2) is 30.3 Å². The molecular weight excluding hydrogens is 281 g/mol. The van der Waals surface area contributed by atoms with Crippen molar-refractivity contribution in [1.29, 1.82) is 0 Å². The van der Waals surface area contributed by atoms with Crippen molar-refractivity contribution in [3.63, 3.8) is 0 Å². The van der Waals surface area contributed by atoms with Crippen LogP contribution in [0.4, 0.5) is 10.1 Å². The third kappa shape index (κ3) is 2.96. The molecule has 0 saturated heterocycles. The number of nitrogens with zero attached hydrogens (tertiary/aromatic N) is 1. The zero-order chi connectivity index (χ0) is 13.1. The summed E-state index contributed by atoms with van der Waals surface area (Å²) in [5.41, 5.74) is -0.568. The van der Waals surface area contributed by atoms with E-state index in [0.717, 1.165) is 17.0 Å². The third-order valence-corrected chi connectivity index (χ3v) is 3.33. The molecule has 7 heteroatoms. The van der Waals surface area contributed by atoms with Gasteiger partial charge in [-0.2, -0.15) is 4.39 Å². The van der Waals surface area contributed by atoms with Crippen LogP contribution in [0.3, 0.4) is 0 Å². The van der Waals surface area contributed by atoms with Crippen LogP contribution in [0.1, 0.15) is 4.88 Å². The van der Waals surface area contributed by atoms with Crippen LogP contribution in [-0.4, -0.2) is 4.92 Å². The number of nitro benzene ring substituents is 1. The lowest BCUT2D eigenvalue weighted by Crippen LogP contribution is -1.96. The van der Waals surface area contributed by atoms with E-state index in [1.54, 1.807) is 12.1 Å². The molecule has 0 unspecified atom stereocenters. The summed E-state index contributed by atoms with van der Waals surface area (Å²) in [7, 11) is 0. The van der Waals surface area contributed by atoms with Crippen molar-refractivity contribution >= 4 is 28.6 Å². The van der Waals surface area contributed by atoms with Gasteiger partial charge < -0.3 is 4.74 Å². The average molecular weight is 288 g/mol. The first-order chi connectivity index (χ1) is 8.56. The van der Waals surface area contributed by atoms with Crippen LogP contribution in [0.25, 0.3) is 0 Å². The Kier molecular flexibility index (Phi) is 3.78. The van der Waals surface area contributed by atoms with Gasteiger partial charge in [0.2, 0.25) is 5.82 Å². The molecule has 4 nitrogen and oxygen atoms in total. The summed E-state index contributed by atoms with van der Waals surface area (Å²) in [5.74, 6) is -0.677. The number of hydrogen-bond acceptors (Lipinski definition) is 4. The predicted molar refractivity (Wildman–Crippen MR) is 66.7 cm³/mol. The Balaban J connectivity index is 2.06. The van der Waals surface area contributed by atoms with Gasteiger partial charge in [0, 0.05) is 17.0 Å². The second-order valence-corrected chi connectivity index (χ2v) is 5.16. The van der Waals surface area contributed by atoms with Crippen LogP contribution >= 0.6 is 22.9 Å². The van der Waals surface area contributed by atoms with Crippen molar-refractivity contribution in [2.75, 3.05) is 0 Å². The van der Waals surface area contributed by atoms with E-state index < -0.39 is 16.4 Å². The standard InChI is InChI=1S/C11H7ClFNO3S/c12-11-4-2-8(18-11)6-17-7-1-3-10(14(15)16)9(13)5-7/h1-5H,6H2. The van der Waals surface area contributed by atoms with Crippen LogP contribution in [-0.2, 0) is 6.61 Å². The second kappa shape index (κ2) is 5.32.